The molecule has 0 unspecified atom stereocenters. The molecule has 1 aliphatic heterocycles. The van der Waals surface area contributed by atoms with Gasteiger partial charge in [-0.3, -0.25) is 9.59 Å². The molecule has 1 saturated heterocycles. The van der Waals surface area contributed by atoms with Crippen molar-refractivity contribution in [1.29, 1.82) is 0 Å². The lowest BCUT2D eigenvalue weighted by Crippen LogP contribution is -2.50. The van der Waals surface area contributed by atoms with Crippen molar-refractivity contribution in [2.75, 3.05) is 54.6 Å². The van der Waals surface area contributed by atoms with Crippen LogP contribution in [0.4, 0.5) is 0 Å². The summed E-state index contributed by atoms with van der Waals surface area (Å²) in [5, 5.41) is 0. The van der Waals surface area contributed by atoms with E-state index in [1.807, 2.05) is 38.1 Å². The first-order valence-electron chi connectivity index (χ1n) is 13.1. The number of carbonyl (C=O) groups is 2. The molecule has 0 N–H and O–H groups in total. The fourth-order valence-electron chi connectivity index (χ4n) is 4.97. The van der Waals surface area contributed by atoms with Crippen LogP contribution in [0.5, 0.6) is 23.0 Å². The molecule has 1 heterocycles. The zero-order valence-corrected chi connectivity index (χ0v) is 23.9. The number of carbonyl (C=O) groups excluding carboxylic acids is 2. The van der Waals surface area contributed by atoms with Crippen LogP contribution in [0.15, 0.2) is 60.7 Å². The van der Waals surface area contributed by atoms with Gasteiger partial charge in [0.2, 0.25) is 11.7 Å². The van der Waals surface area contributed by atoms with E-state index < -0.39 is 0 Å². The lowest BCUT2D eigenvalue weighted by atomic mass is 9.94. The molecule has 4 rings (SSSR count). The Bertz CT molecular complexity index is 1360. The van der Waals surface area contributed by atoms with Crippen LogP contribution in [0, 0.1) is 13.8 Å². The largest absolute Gasteiger partial charge is 0.497 e. The van der Waals surface area contributed by atoms with Crippen molar-refractivity contribution in [2.45, 2.75) is 13.8 Å². The molecule has 0 radical (unpaired) electrons. The van der Waals surface area contributed by atoms with Crippen molar-refractivity contribution in [3.05, 3.63) is 88.5 Å². The number of aryl methyl sites for hydroxylation is 2. The van der Waals surface area contributed by atoms with E-state index in [0.717, 1.165) is 33.6 Å². The van der Waals surface area contributed by atoms with Gasteiger partial charge in [0, 0.05) is 37.8 Å². The average molecular weight is 545 g/mol. The number of hydrogen-bond acceptors (Lipinski definition) is 6. The zero-order valence-electron chi connectivity index (χ0n) is 23.9. The first kappa shape index (κ1) is 28.5. The molecule has 0 bridgehead atoms. The molecule has 0 aliphatic carbocycles. The van der Waals surface area contributed by atoms with Crippen LogP contribution in [0.1, 0.15) is 32.6 Å². The summed E-state index contributed by atoms with van der Waals surface area (Å²) in [5.41, 5.74) is 5.44. The number of methoxy groups -OCH3 is 4. The Hall–Kier alpha value is -4.46. The maximum absolute atomic E-state index is 13.5. The molecule has 0 saturated carbocycles. The smallest absolute Gasteiger partial charge is 0.254 e. The van der Waals surface area contributed by atoms with Gasteiger partial charge in [-0.1, -0.05) is 41.5 Å². The lowest BCUT2D eigenvalue weighted by Gasteiger charge is -2.34. The standard InChI is InChI=1S/C32H36N2O6/c1-21-15-22(2)17-24(16-21)27(23-7-9-26(37-3)10-8-23)20-30(35)33-11-13-34(14-12-33)32(36)25-18-28(38-4)31(40-6)29(19-25)39-5/h7-10,15-20H,11-14H2,1-6H3. The molecule has 210 valence electrons. The average Bonchev–Trinajstić information content (AvgIpc) is 2.98. The van der Waals surface area contributed by atoms with Crippen molar-refractivity contribution in [3.8, 4) is 23.0 Å². The van der Waals surface area contributed by atoms with Gasteiger partial charge in [0.1, 0.15) is 5.75 Å². The zero-order chi connectivity index (χ0) is 28.8. The van der Waals surface area contributed by atoms with Gasteiger partial charge in [0.15, 0.2) is 11.5 Å². The molecular formula is C32H36N2O6. The maximum atomic E-state index is 13.5. The molecule has 3 aromatic carbocycles. The van der Waals surface area contributed by atoms with Crippen LogP contribution >= 0.6 is 0 Å². The van der Waals surface area contributed by atoms with Crippen LogP contribution in [-0.2, 0) is 4.79 Å². The number of ether oxygens (including phenoxy) is 4. The third kappa shape index (κ3) is 6.22. The molecule has 8 nitrogen and oxygen atoms in total. The molecule has 1 fully saturated rings. The molecule has 0 spiro atoms. The van der Waals surface area contributed by atoms with Gasteiger partial charge < -0.3 is 28.7 Å². The molecule has 8 heteroatoms. The first-order chi connectivity index (χ1) is 19.3. The van der Waals surface area contributed by atoms with E-state index in [-0.39, 0.29) is 11.8 Å². The fraction of sp³-hybridized carbons (Fsp3) is 0.312. The molecule has 1 aliphatic rings. The Kier molecular flexibility index (Phi) is 8.99. The third-order valence-corrected chi connectivity index (χ3v) is 6.99. The second-order valence-electron chi connectivity index (χ2n) is 9.69. The molecular weight excluding hydrogens is 508 g/mol. The Labute approximate surface area is 235 Å². The summed E-state index contributed by atoms with van der Waals surface area (Å²) < 4.78 is 21.5. The third-order valence-electron chi connectivity index (χ3n) is 6.99. The van der Waals surface area contributed by atoms with Crippen LogP contribution < -0.4 is 18.9 Å². The van der Waals surface area contributed by atoms with Crippen LogP contribution in [-0.4, -0.2) is 76.2 Å². The SMILES string of the molecule is COc1ccc(C(=CC(=O)N2CCN(C(=O)c3cc(OC)c(OC)c(OC)c3)CC2)c2cc(C)cc(C)c2)cc1. The Morgan fingerprint density at radius 2 is 1.20 bits per heavy atom. The highest BCUT2D eigenvalue weighted by Crippen LogP contribution is 2.38. The van der Waals surface area contributed by atoms with Crippen molar-refractivity contribution in [2.24, 2.45) is 0 Å². The number of amides is 2. The molecule has 0 atom stereocenters. The molecule has 3 aromatic rings. The second kappa shape index (κ2) is 12.6. The number of nitrogens with zero attached hydrogens (tertiary/aromatic N) is 2. The van der Waals surface area contributed by atoms with E-state index in [4.69, 9.17) is 18.9 Å². The quantitative estimate of drug-likeness (QED) is 0.381. The van der Waals surface area contributed by atoms with E-state index in [2.05, 4.69) is 18.2 Å². The predicted molar refractivity (Wildman–Crippen MR) is 155 cm³/mol. The molecule has 40 heavy (non-hydrogen) atoms. The summed E-state index contributed by atoms with van der Waals surface area (Å²) in [4.78, 5) is 30.4. The van der Waals surface area contributed by atoms with E-state index in [9.17, 15) is 9.59 Å². The Balaban J connectivity index is 1.54. The number of hydrogen-bond donors (Lipinski definition) is 0. The van der Waals surface area contributed by atoms with Crippen molar-refractivity contribution in [3.63, 3.8) is 0 Å². The van der Waals surface area contributed by atoms with Crippen molar-refractivity contribution in [1.82, 2.24) is 9.80 Å². The minimum Gasteiger partial charge on any atom is -0.497 e. The molecule has 2 amide bonds. The normalized spacial score (nSPS) is 13.6. The predicted octanol–water partition coefficient (Wildman–Crippen LogP) is 4.75. The summed E-state index contributed by atoms with van der Waals surface area (Å²) in [6.45, 7) is 5.78. The van der Waals surface area contributed by atoms with Gasteiger partial charge in [-0.25, -0.2) is 0 Å². The monoisotopic (exact) mass is 544 g/mol. The van der Waals surface area contributed by atoms with E-state index in [1.54, 1.807) is 35.1 Å². The second-order valence-corrected chi connectivity index (χ2v) is 9.69. The van der Waals surface area contributed by atoms with Crippen molar-refractivity contribution >= 4 is 17.4 Å². The van der Waals surface area contributed by atoms with Gasteiger partial charge in [-0.15, -0.1) is 0 Å². The first-order valence-corrected chi connectivity index (χ1v) is 13.1. The van der Waals surface area contributed by atoms with Crippen LogP contribution in [0.2, 0.25) is 0 Å². The Morgan fingerprint density at radius 3 is 1.70 bits per heavy atom. The van der Waals surface area contributed by atoms with E-state index >= 15 is 0 Å². The topological polar surface area (TPSA) is 77.5 Å². The van der Waals surface area contributed by atoms with E-state index in [1.165, 1.54) is 21.3 Å². The highest BCUT2D eigenvalue weighted by atomic mass is 16.5. The minimum absolute atomic E-state index is 0.0927. The number of benzene rings is 3. The highest BCUT2D eigenvalue weighted by Gasteiger charge is 2.26. The minimum atomic E-state index is -0.156. The summed E-state index contributed by atoms with van der Waals surface area (Å²) in [6, 6.07) is 17.3. The van der Waals surface area contributed by atoms with Gasteiger partial charge in [-0.2, -0.15) is 0 Å². The van der Waals surface area contributed by atoms with Gasteiger partial charge >= 0.3 is 0 Å². The van der Waals surface area contributed by atoms with Gasteiger partial charge in [0.05, 0.1) is 28.4 Å². The van der Waals surface area contributed by atoms with Gasteiger partial charge in [0.25, 0.3) is 5.91 Å². The summed E-state index contributed by atoms with van der Waals surface area (Å²) in [6.07, 6.45) is 1.70. The summed E-state index contributed by atoms with van der Waals surface area (Å²) in [7, 11) is 6.18. The van der Waals surface area contributed by atoms with Gasteiger partial charge in [-0.05, 0) is 54.8 Å². The van der Waals surface area contributed by atoms with Crippen molar-refractivity contribution < 1.29 is 28.5 Å². The maximum Gasteiger partial charge on any atom is 0.254 e. The number of piperazine rings is 1. The van der Waals surface area contributed by atoms with Crippen LogP contribution in [0.25, 0.3) is 5.57 Å². The summed E-state index contributed by atoms with van der Waals surface area (Å²) in [5.74, 6) is 1.77. The molecule has 0 aromatic heterocycles. The lowest BCUT2D eigenvalue weighted by molar-refractivity contribution is -0.127. The van der Waals surface area contributed by atoms with E-state index in [0.29, 0.717) is 49.0 Å². The fourth-order valence-corrected chi connectivity index (χ4v) is 4.97. The Morgan fingerprint density at radius 1 is 0.650 bits per heavy atom. The highest BCUT2D eigenvalue weighted by molar-refractivity contribution is 6.00. The number of rotatable bonds is 8. The van der Waals surface area contributed by atoms with Crippen LogP contribution in [0.3, 0.4) is 0 Å². The summed E-state index contributed by atoms with van der Waals surface area (Å²) >= 11 is 0.